The second-order valence-electron chi connectivity index (χ2n) is 12.8. The molecule has 4 fully saturated rings. The van der Waals surface area contributed by atoms with Crippen molar-refractivity contribution < 1.29 is 19.0 Å². The van der Waals surface area contributed by atoms with Crippen molar-refractivity contribution >= 4 is 5.91 Å². The number of ether oxygens (including phenoxy) is 3. The lowest BCUT2D eigenvalue weighted by atomic mass is 9.69. The topological polar surface area (TPSA) is 102 Å². The quantitative estimate of drug-likeness (QED) is 0.472. The first-order valence-electron chi connectivity index (χ1n) is 15.6. The fraction of sp³-hybridized carbons (Fsp3) is 0.688. The predicted molar refractivity (Wildman–Crippen MR) is 158 cm³/mol. The molecule has 2 N–H and O–H groups in total. The molecule has 10 heteroatoms. The molecule has 6 rings (SSSR count). The highest BCUT2D eigenvalue weighted by Gasteiger charge is 2.50. The predicted octanol–water partition coefficient (Wildman–Crippen LogP) is 2.20. The first kappa shape index (κ1) is 29.5. The summed E-state index contributed by atoms with van der Waals surface area (Å²) in [5, 5.41) is 17.2. The van der Waals surface area contributed by atoms with Crippen molar-refractivity contribution in [1.29, 1.82) is 5.26 Å². The van der Waals surface area contributed by atoms with E-state index in [0.29, 0.717) is 44.7 Å². The summed E-state index contributed by atoms with van der Waals surface area (Å²) in [7, 11) is 3.88. The third-order valence-corrected chi connectivity index (χ3v) is 10.4. The van der Waals surface area contributed by atoms with Gasteiger partial charge in [0.2, 0.25) is 5.91 Å². The Morgan fingerprint density at radius 1 is 1.24 bits per heavy atom. The van der Waals surface area contributed by atoms with Gasteiger partial charge < -0.3 is 24.0 Å². The van der Waals surface area contributed by atoms with Crippen molar-refractivity contribution in [3.63, 3.8) is 0 Å². The molecule has 1 aromatic rings. The molecule has 1 aliphatic carbocycles. The van der Waals surface area contributed by atoms with Crippen molar-refractivity contribution in [2.45, 2.75) is 87.8 Å². The van der Waals surface area contributed by atoms with E-state index >= 15 is 0 Å². The van der Waals surface area contributed by atoms with Crippen LogP contribution in [0.25, 0.3) is 0 Å². The van der Waals surface area contributed by atoms with Gasteiger partial charge >= 0.3 is 0 Å². The van der Waals surface area contributed by atoms with Crippen LogP contribution in [0, 0.1) is 17.2 Å². The van der Waals surface area contributed by atoms with E-state index in [1.807, 2.05) is 4.90 Å². The average Bonchev–Trinajstić information content (AvgIpc) is 3.43. The standard InChI is InChI=1S/C32H46N6O4/c1-4-29(39)38-15-14-37(19-24(38)10-12-33)30-27-9-11-32(17-22-7-8-26(40-3)16-23(22)20-42-32)18-28(27)34-31(35-30)41-21-25-6-5-13-36(25)2/h4,7-8,16,24-25,27-28,30-31,34-35H,1,5-6,9-11,13-15,17-21H2,2-3H3/t24?,25?,27?,28?,30?,31?,32-/m0/s1. The molecule has 10 nitrogen and oxygen atoms in total. The normalized spacial score (nSPS) is 35.3. The van der Waals surface area contributed by atoms with Gasteiger partial charge in [-0.05, 0) is 75.0 Å². The van der Waals surface area contributed by atoms with Crippen LogP contribution in [-0.2, 0) is 27.3 Å². The maximum absolute atomic E-state index is 12.6. The fourth-order valence-corrected chi connectivity index (χ4v) is 8.01. The van der Waals surface area contributed by atoms with Gasteiger partial charge in [-0.1, -0.05) is 12.6 Å². The Bertz CT molecular complexity index is 1190. The minimum Gasteiger partial charge on any atom is -0.497 e. The summed E-state index contributed by atoms with van der Waals surface area (Å²) in [4.78, 5) is 19.2. The number of benzene rings is 1. The zero-order valence-electron chi connectivity index (χ0n) is 25.1. The molecule has 0 bridgehead atoms. The molecule has 1 saturated carbocycles. The Balaban J connectivity index is 1.20. The Morgan fingerprint density at radius 3 is 2.88 bits per heavy atom. The van der Waals surface area contributed by atoms with Gasteiger partial charge in [0, 0.05) is 44.1 Å². The lowest BCUT2D eigenvalue weighted by Gasteiger charge is -2.56. The number of rotatable bonds is 7. The van der Waals surface area contributed by atoms with Crippen LogP contribution in [0.15, 0.2) is 30.9 Å². The molecule has 1 aromatic carbocycles. The van der Waals surface area contributed by atoms with Crippen LogP contribution in [0.2, 0.25) is 0 Å². The summed E-state index contributed by atoms with van der Waals surface area (Å²) in [6.45, 7) is 8.08. The second kappa shape index (κ2) is 12.6. The molecule has 0 aromatic heterocycles. The molecule has 4 heterocycles. The van der Waals surface area contributed by atoms with Gasteiger partial charge in [0.25, 0.3) is 0 Å². The Hall–Kier alpha value is -2.52. The number of likely N-dealkylation sites (tertiary alicyclic amines) is 1. The molecule has 4 aliphatic heterocycles. The van der Waals surface area contributed by atoms with Gasteiger partial charge in [0.05, 0.1) is 50.6 Å². The van der Waals surface area contributed by atoms with Crippen molar-refractivity contribution in [2.75, 3.05) is 46.9 Å². The van der Waals surface area contributed by atoms with Crippen LogP contribution in [0.4, 0.5) is 0 Å². The minimum atomic E-state index is -0.275. The summed E-state index contributed by atoms with van der Waals surface area (Å²) in [6.07, 6.45) is 7.69. The molecular weight excluding hydrogens is 532 g/mol. The van der Waals surface area contributed by atoms with E-state index in [1.54, 1.807) is 7.11 Å². The number of nitrogens with zero attached hydrogens (tertiary/aromatic N) is 4. The molecule has 7 atom stereocenters. The first-order chi connectivity index (χ1) is 20.4. The van der Waals surface area contributed by atoms with E-state index in [0.717, 1.165) is 50.9 Å². The van der Waals surface area contributed by atoms with Gasteiger partial charge in [0.1, 0.15) is 5.75 Å². The Kier molecular flexibility index (Phi) is 8.87. The lowest BCUT2D eigenvalue weighted by Crippen LogP contribution is -2.73. The van der Waals surface area contributed by atoms with Gasteiger partial charge in [-0.3, -0.25) is 20.3 Å². The second-order valence-corrected chi connectivity index (χ2v) is 12.8. The number of fused-ring (bicyclic) bond motifs is 2. The number of carbonyl (C=O) groups excluding carboxylic acids is 1. The molecule has 1 spiro atoms. The summed E-state index contributed by atoms with van der Waals surface area (Å²) in [5.74, 6) is 1.13. The fourth-order valence-electron chi connectivity index (χ4n) is 8.01. The number of piperazine rings is 1. The summed E-state index contributed by atoms with van der Waals surface area (Å²) >= 11 is 0. The van der Waals surface area contributed by atoms with Crippen LogP contribution in [0.3, 0.4) is 0 Å². The smallest absolute Gasteiger partial charge is 0.246 e. The summed E-state index contributed by atoms with van der Waals surface area (Å²) in [6, 6.07) is 9.17. The van der Waals surface area contributed by atoms with E-state index in [1.165, 1.54) is 23.6 Å². The maximum atomic E-state index is 12.6. The number of likely N-dealkylation sites (N-methyl/N-ethyl adjacent to an activating group) is 1. The number of nitrogens with one attached hydrogen (secondary N) is 2. The zero-order chi connectivity index (χ0) is 29.3. The van der Waals surface area contributed by atoms with E-state index in [2.05, 4.69) is 58.3 Å². The van der Waals surface area contributed by atoms with Crippen LogP contribution >= 0.6 is 0 Å². The highest BCUT2D eigenvalue weighted by atomic mass is 16.5. The van der Waals surface area contributed by atoms with E-state index in [9.17, 15) is 10.1 Å². The van der Waals surface area contributed by atoms with Crippen LogP contribution in [0.5, 0.6) is 5.75 Å². The number of nitriles is 1. The Labute approximate surface area is 249 Å². The third kappa shape index (κ3) is 5.96. The average molecular weight is 579 g/mol. The molecule has 228 valence electrons. The van der Waals surface area contributed by atoms with Gasteiger partial charge in [0.15, 0.2) is 6.35 Å². The van der Waals surface area contributed by atoms with Crippen molar-refractivity contribution in [3.05, 3.63) is 42.0 Å². The van der Waals surface area contributed by atoms with Gasteiger partial charge in [-0.2, -0.15) is 5.26 Å². The first-order valence-corrected chi connectivity index (χ1v) is 15.6. The van der Waals surface area contributed by atoms with Gasteiger partial charge in [-0.25, -0.2) is 0 Å². The molecule has 1 amide bonds. The van der Waals surface area contributed by atoms with Crippen LogP contribution in [0.1, 0.15) is 49.7 Å². The number of hydrogen-bond acceptors (Lipinski definition) is 9. The van der Waals surface area contributed by atoms with E-state index < -0.39 is 0 Å². The molecule has 6 unspecified atom stereocenters. The van der Waals surface area contributed by atoms with Crippen molar-refractivity contribution in [2.24, 2.45) is 5.92 Å². The van der Waals surface area contributed by atoms with Crippen molar-refractivity contribution in [1.82, 2.24) is 25.3 Å². The molecule has 42 heavy (non-hydrogen) atoms. The maximum Gasteiger partial charge on any atom is 0.246 e. The SMILES string of the molecule is C=CC(=O)N1CCN(C2NC(OCC3CCCN3C)NC3C[C@]4(CCC32)Cc2ccc(OC)cc2CO4)CC1CC#N. The molecule has 5 aliphatic rings. The van der Waals surface area contributed by atoms with E-state index in [4.69, 9.17) is 14.2 Å². The number of hydrogen-bond donors (Lipinski definition) is 2. The van der Waals surface area contributed by atoms with Crippen LogP contribution < -0.4 is 15.4 Å². The molecule has 0 radical (unpaired) electrons. The van der Waals surface area contributed by atoms with Crippen molar-refractivity contribution in [3.8, 4) is 11.8 Å². The zero-order valence-corrected chi connectivity index (χ0v) is 25.1. The highest BCUT2D eigenvalue weighted by molar-refractivity contribution is 5.87. The molecule has 3 saturated heterocycles. The van der Waals surface area contributed by atoms with Gasteiger partial charge in [-0.15, -0.1) is 0 Å². The summed E-state index contributed by atoms with van der Waals surface area (Å²) < 4.78 is 18.7. The molecular formula is C32H46N6O4. The highest BCUT2D eigenvalue weighted by Crippen LogP contribution is 2.44. The van der Waals surface area contributed by atoms with E-state index in [-0.39, 0.29) is 36.1 Å². The minimum absolute atomic E-state index is 0.0854. The Morgan fingerprint density at radius 2 is 2.12 bits per heavy atom. The van der Waals surface area contributed by atoms with Crippen LogP contribution in [-0.4, -0.2) is 104 Å². The third-order valence-electron chi connectivity index (χ3n) is 10.4. The largest absolute Gasteiger partial charge is 0.497 e. The monoisotopic (exact) mass is 578 g/mol. The number of carbonyl (C=O) groups is 1. The number of amides is 1. The summed E-state index contributed by atoms with van der Waals surface area (Å²) in [5.41, 5.74) is 2.37. The lowest BCUT2D eigenvalue weighted by molar-refractivity contribution is -0.153. The number of methoxy groups -OCH3 is 1.